The van der Waals surface area contributed by atoms with Gasteiger partial charge in [-0.25, -0.2) is 8.78 Å². The third-order valence-electron chi connectivity index (χ3n) is 4.14. The smallest absolute Gasteiger partial charge is 0.260 e. The number of benzene rings is 2. The molecule has 1 heterocycles. The summed E-state index contributed by atoms with van der Waals surface area (Å²) in [6.45, 7) is 0.983. The summed E-state index contributed by atoms with van der Waals surface area (Å²) in [4.78, 5) is 14.0. The molecule has 0 unspecified atom stereocenters. The van der Waals surface area contributed by atoms with Gasteiger partial charge in [0, 0.05) is 36.5 Å². The summed E-state index contributed by atoms with van der Waals surface area (Å²) in [6, 6.07) is 10.5. The minimum Gasteiger partial charge on any atom is -0.487 e. The molecule has 1 saturated heterocycles. The second-order valence-corrected chi connectivity index (χ2v) is 6.93. The molecule has 1 fully saturated rings. The molecule has 2 aromatic rings. The summed E-state index contributed by atoms with van der Waals surface area (Å²) in [7, 11) is 0. The fraction of sp³-hybridized carbons (Fsp3) is 0.316. The van der Waals surface area contributed by atoms with E-state index in [2.05, 4.69) is 15.9 Å². The molecular weight excluding hydrogens is 408 g/mol. The fourth-order valence-electron chi connectivity index (χ4n) is 2.77. The number of likely N-dealkylation sites (tertiary alicyclic amines) is 1. The van der Waals surface area contributed by atoms with E-state index in [0.29, 0.717) is 31.7 Å². The van der Waals surface area contributed by atoms with E-state index in [1.54, 1.807) is 17.0 Å². The molecule has 0 N–H and O–H groups in total. The van der Waals surface area contributed by atoms with Crippen LogP contribution in [0, 0.1) is 11.6 Å². The number of halogens is 3. The van der Waals surface area contributed by atoms with Crippen LogP contribution in [0.1, 0.15) is 12.8 Å². The molecule has 7 heteroatoms. The van der Waals surface area contributed by atoms with E-state index in [1.807, 2.05) is 12.1 Å². The van der Waals surface area contributed by atoms with E-state index in [-0.39, 0.29) is 24.4 Å². The predicted octanol–water partition coefficient (Wildman–Crippen LogP) is 4.18. The Morgan fingerprint density at radius 3 is 2.62 bits per heavy atom. The highest BCUT2D eigenvalue weighted by molar-refractivity contribution is 9.10. The third-order valence-corrected chi connectivity index (χ3v) is 4.63. The number of nitrogens with zero attached hydrogens (tertiary/aromatic N) is 1. The minimum atomic E-state index is -0.717. The normalized spacial score (nSPS) is 15.0. The summed E-state index contributed by atoms with van der Waals surface area (Å²) in [5.41, 5.74) is 0. The molecule has 0 saturated carbocycles. The van der Waals surface area contributed by atoms with Crippen LogP contribution in [0.3, 0.4) is 0 Å². The van der Waals surface area contributed by atoms with Crippen LogP contribution in [-0.2, 0) is 4.79 Å². The van der Waals surface area contributed by atoms with Crippen LogP contribution in [0.5, 0.6) is 11.5 Å². The Bertz CT molecular complexity index is 779. The topological polar surface area (TPSA) is 38.8 Å². The van der Waals surface area contributed by atoms with Crippen molar-refractivity contribution in [2.24, 2.45) is 0 Å². The number of amides is 1. The molecule has 1 amide bonds. The highest BCUT2D eigenvalue weighted by Gasteiger charge is 2.25. The van der Waals surface area contributed by atoms with E-state index in [0.717, 1.165) is 16.6 Å². The second-order valence-electron chi connectivity index (χ2n) is 6.02. The lowest BCUT2D eigenvalue weighted by molar-refractivity contribution is -0.135. The molecule has 138 valence electrons. The Morgan fingerprint density at radius 1 is 1.15 bits per heavy atom. The molecule has 1 aliphatic rings. The van der Waals surface area contributed by atoms with Crippen molar-refractivity contribution in [3.8, 4) is 11.5 Å². The highest BCUT2D eigenvalue weighted by atomic mass is 79.9. The van der Waals surface area contributed by atoms with E-state index < -0.39 is 11.6 Å². The van der Waals surface area contributed by atoms with Crippen molar-refractivity contribution in [1.82, 2.24) is 4.90 Å². The van der Waals surface area contributed by atoms with Gasteiger partial charge in [0.25, 0.3) is 5.91 Å². The lowest BCUT2D eigenvalue weighted by atomic mass is 10.1. The first-order valence-corrected chi connectivity index (χ1v) is 9.08. The molecular formula is C19H18BrF2NO3. The number of rotatable bonds is 5. The van der Waals surface area contributed by atoms with Crippen LogP contribution in [0.15, 0.2) is 46.9 Å². The summed E-state index contributed by atoms with van der Waals surface area (Å²) < 4.78 is 38.6. The lowest BCUT2D eigenvalue weighted by Crippen LogP contribution is -2.43. The van der Waals surface area contributed by atoms with E-state index in [9.17, 15) is 13.6 Å². The van der Waals surface area contributed by atoms with E-state index in [4.69, 9.17) is 9.47 Å². The van der Waals surface area contributed by atoms with Crippen LogP contribution >= 0.6 is 15.9 Å². The predicted molar refractivity (Wildman–Crippen MR) is 96.2 cm³/mol. The van der Waals surface area contributed by atoms with Crippen molar-refractivity contribution < 1.29 is 23.0 Å². The molecule has 3 rings (SSSR count). The first kappa shape index (κ1) is 18.6. The van der Waals surface area contributed by atoms with Crippen molar-refractivity contribution in [3.05, 3.63) is 58.6 Å². The maximum Gasteiger partial charge on any atom is 0.260 e. The average Bonchev–Trinajstić information content (AvgIpc) is 2.63. The Labute approximate surface area is 158 Å². The Kier molecular flexibility index (Phi) is 6.08. The van der Waals surface area contributed by atoms with Crippen molar-refractivity contribution in [3.63, 3.8) is 0 Å². The maximum atomic E-state index is 13.7. The zero-order valence-electron chi connectivity index (χ0n) is 14.0. The molecule has 0 aliphatic carbocycles. The van der Waals surface area contributed by atoms with Gasteiger partial charge in [0.15, 0.2) is 18.2 Å². The standard InChI is InChI=1S/C19H18BrF2NO3/c20-13-2-1-3-16(10-13)25-12-19(24)23-8-6-15(7-9-23)26-18-5-4-14(21)11-17(18)22/h1-5,10-11,15H,6-9,12H2. The largest absolute Gasteiger partial charge is 0.487 e. The highest BCUT2D eigenvalue weighted by Crippen LogP contribution is 2.23. The number of ether oxygens (including phenoxy) is 2. The van der Waals surface area contributed by atoms with Gasteiger partial charge >= 0.3 is 0 Å². The number of piperidine rings is 1. The molecule has 0 radical (unpaired) electrons. The van der Waals surface area contributed by atoms with Gasteiger partial charge in [-0.1, -0.05) is 22.0 Å². The quantitative estimate of drug-likeness (QED) is 0.721. The number of carbonyl (C=O) groups excluding carboxylic acids is 1. The molecule has 0 atom stereocenters. The molecule has 4 nitrogen and oxygen atoms in total. The van der Waals surface area contributed by atoms with Crippen LogP contribution < -0.4 is 9.47 Å². The van der Waals surface area contributed by atoms with Crippen molar-refractivity contribution >= 4 is 21.8 Å². The van der Waals surface area contributed by atoms with Crippen molar-refractivity contribution in [2.45, 2.75) is 18.9 Å². The van der Waals surface area contributed by atoms with Gasteiger partial charge in [0.1, 0.15) is 17.7 Å². The fourth-order valence-corrected chi connectivity index (χ4v) is 3.14. The maximum absolute atomic E-state index is 13.7. The molecule has 1 aliphatic heterocycles. The van der Waals surface area contributed by atoms with Crippen LogP contribution in [0.4, 0.5) is 8.78 Å². The Morgan fingerprint density at radius 2 is 1.92 bits per heavy atom. The lowest BCUT2D eigenvalue weighted by Gasteiger charge is -2.32. The van der Waals surface area contributed by atoms with Crippen LogP contribution in [-0.4, -0.2) is 36.6 Å². The molecule has 26 heavy (non-hydrogen) atoms. The van der Waals surface area contributed by atoms with Gasteiger partial charge in [-0.15, -0.1) is 0 Å². The van der Waals surface area contributed by atoms with Crippen molar-refractivity contribution in [2.75, 3.05) is 19.7 Å². The van der Waals surface area contributed by atoms with E-state index in [1.165, 1.54) is 6.07 Å². The summed E-state index contributed by atoms with van der Waals surface area (Å²) >= 11 is 3.35. The average molecular weight is 426 g/mol. The van der Waals surface area contributed by atoms with Gasteiger partial charge < -0.3 is 14.4 Å². The van der Waals surface area contributed by atoms with Crippen molar-refractivity contribution in [1.29, 1.82) is 0 Å². The monoisotopic (exact) mass is 425 g/mol. The van der Waals surface area contributed by atoms with Gasteiger partial charge in [-0.3, -0.25) is 4.79 Å². The molecule has 0 bridgehead atoms. The molecule has 0 aromatic heterocycles. The third kappa shape index (κ3) is 4.94. The minimum absolute atomic E-state index is 0.0332. The number of hydrogen-bond acceptors (Lipinski definition) is 3. The Balaban J connectivity index is 1.46. The summed E-state index contributed by atoms with van der Waals surface area (Å²) in [5, 5.41) is 0. The van der Waals surface area contributed by atoms with Gasteiger partial charge in [0.05, 0.1) is 0 Å². The van der Waals surface area contributed by atoms with Gasteiger partial charge in [-0.05, 0) is 30.3 Å². The first-order valence-electron chi connectivity index (χ1n) is 8.29. The molecule has 0 spiro atoms. The SMILES string of the molecule is O=C(COc1cccc(Br)c1)N1CCC(Oc2ccc(F)cc2F)CC1. The zero-order valence-corrected chi connectivity index (χ0v) is 15.5. The van der Waals surface area contributed by atoms with Gasteiger partial charge in [0.2, 0.25) is 0 Å². The number of carbonyl (C=O) groups is 1. The number of hydrogen-bond donors (Lipinski definition) is 0. The van der Waals surface area contributed by atoms with Gasteiger partial charge in [-0.2, -0.15) is 0 Å². The Hall–Kier alpha value is -2.15. The zero-order chi connectivity index (χ0) is 18.5. The summed E-state index contributed by atoms with van der Waals surface area (Å²) in [6.07, 6.45) is 0.962. The van der Waals surface area contributed by atoms with E-state index >= 15 is 0 Å². The summed E-state index contributed by atoms with van der Waals surface area (Å²) in [5.74, 6) is -0.796. The van der Waals surface area contributed by atoms with Crippen LogP contribution in [0.2, 0.25) is 0 Å². The van der Waals surface area contributed by atoms with Crippen LogP contribution in [0.25, 0.3) is 0 Å². The first-order chi connectivity index (χ1) is 12.5. The second kappa shape index (κ2) is 8.49. The molecule has 2 aromatic carbocycles.